The van der Waals surface area contributed by atoms with Crippen LogP contribution in [-0.2, 0) is 9.59 Å². The number of aliphatic carboxylic acids is 1. The smallest absolute Gasteiger partial charge is 0.317 e. The normalized spacial score (nSPS) is 25.0. The monoisotopic (exact) mass is 351 g/mol. The summed E-state index contributed by atoms with van der Waals surface area (Å²) in [6, 6.07) is 4.30. The zero-order valence-electron chi connectivity index (χ0n) is 11.3. The molecule has 3 N–H and O–H groups in total. The lowest BCUT2D eigenvalue weighted by molar-refractivity contribution is -0.147. The maximum atomic E-state index is 12.4. The second-order valence-electron chi connectivity index (χ2n) is 5.23. The maximum Gasteiger partial charge on any atom is 0.317 e. The van der Waals surface area contributed by atoms with Crippen molar-refractivity contribution in [2.45, 2.75) is 16.2 Å². The van der Waals surface area contributed by atoms with Crippen molar-refractivity contribution in [3.63, 3.8) is 0 Å². The summed E-state index contributed by atoms with van der Waals surface area (Å²) in [5, 5.41) is 18.6. The van der Waals surface area contributed by atoms with Gasteiger partial charge < -0.3 is 19.9 Å². The third-order valence-electron chi connectivity index (χ3n) is 3.91. The Labute approximate surface area is 136 Å². The molecule has 0 unspecified atom stereocenters. The van der Waals surface area contributed by atoms with Crippen LogP contribution in [0.3, 0.4) is 0 Å². The van der Waals surface area contributed by atoms with Crippen molar-refractivity contribution in [1.82, 2.24) is 4.98 Å². The van der Waals surface area contributed by atoms with Gasteiger partial charge in [0.25, 0.3) is 0 Å². The zero-order valence-corrected chi connectivity index (χ0v) is 12.9. The van der Waals surface area contributed by atoms with Gasteiger partial charge in [0.15, 0.2) is 0 Å². The topological polar surface area (TPSA) is 117 Å². The standard InChI is InChI=1S/C14H9NO6S2/c16-4-1-2-6-5(3-4)7-8(13(19)21-6)10(12(17)18)22-11-9(7)23-14(20)15-11/h1-3,7-8,10,16H,(H,15,20)(H,17,18)/t7-,8-,10+/m0/s1. The summed E-state index contributed by atoms with van der Waals surface area (Å²) >= 11 is 1.89. The van der Waals surface area contributed by atoms with Gasteiger partial charge in [-0.2, -0.15) is 0 Å². The second kappa shape index (κ2) is 4.87. The first-order valence-corrected chi connectivity index (χ1v) is 8.32. The molecule has 0 amide bonds. The Hall–Kier alpha value is -2.26. The Bertz CT molecular complexity index is 901. The molecule has 2 aliphatic heterocycles. The Morgan fingerprint density at radius 1 is 1.30 bits per heavy atom. The van der Waals surface area contributed by atoms with E-state index in [4.69, 9.17) is 4.74 Å². The van der Waals surface area contributed by atoms with Crippen molar-refractivity contribution in [1.29, 1.82) is 0 Å². The van der Waals surface area contributed by atoms with E-state index in [0.29, 0.717) is 15.5 Å². The number of benzene rings is 1. The van der Waals surface area contributed by atoms with E-state index in [2.05, 4.69) is 4.98 Å². The molecule has 23 heavy (non-hydrogen) atoms. The van der Waals surface area contributed by atoms with Crippen molar-refractivity contribution >= 4 is 35.0 Å². The maximum absolute atomic E-state index is 12.4. The third-order valence-corrected chi connectivity index (χ3v) is 6.31. The number of H-pyrrole nitrogens is 1. The molecule has 1 aromatic carbocycles. The first-order chi connectivity index (χ1) is 11.0. The Morgan fingerprint density at radius 3 is 2.83 bits per heavy atom. The number of phenolic OH excluding ortho intramolecular Hbond substituents is 1. The summed E-state index contributed by atoms with van der Waals surface area (Å²) in [7, 11) is 0. The number of carbonyl (C=O) groups is 2. The number of rotatable bonds is 1. The molecule has 2 aliphatic rings. The van der Waals surface area contributed by atoms with E-state index < -0.39 is 29.0 Å². The number of carboxylic acids is 1. The molecule has 3 heterocycles. The summed E-state index contributed by atoms with van der Waals surface area (Å²) < 4.78 is 5.25. The van der Waals surface area contributed by atoms with Crippen LogP contribution in [0.1, 0.15) is 16.4 Å². The number of thiazole rings is 1. The SMILES string of the molecule is O=C1Oc2ccc(O)cc2[C@@H]2c3sc(=O)[nH]c3S[C@@H](C(=O)O)[C@@H]12. The number of fused-ring (bicyclic) bond motifs is 5. The molecule has 2 aromatic rings. The molecule has 118 valence electrons. The van der Waals surface area contributed by atoms with E-state index in [-0.39, 0.29) is 16.4 Å². The Balaban J connectivity index is 2.00. The third kappa shape index (κ3) is 2.07. The van der Waals surface area contributed by atoms with Gasteiger partial charge in [0, 0.05) is 16.4 Å². The largest absolute Gasteiger partial charge is 0.508 e. The Kier molecular flexibility index (Phi) is 3.03. The number of esters is 1. The highest BCUT2D eigenvalue weighted by Crippen LogP contribution is 2.53. The Morgan fingerprint density at radius 2 is 2.09 bits per heavy atom. The molecule has 0 saturated heterocycles. The van der Waals surface area contributed by atoms with Crippen LogP contribution in [-0.4, -0.2) is 32.4 Å². The van der Waals surface area contributed by atoms with Crippen molar-refractivity contribution in [3.8, 4) is 11.5 Å². The average molecular weight is 351 g/mol. The molecule has 9 heteroatoms. The zero-order chi connectivity index (χ0) is 16.3. The number of carboxylic acid groups (broad SMARTS) is 1. The molecule has 0 saturated carbocycles. The number of ether oxygens (including phenoxy) is 1. The van der Waals surface area contributed by atoms with Gasteiger partial charge >= 0.3 is 16.8 Å². The van der Waals surface area contributed by atoms with Crippen molar-refractivity contribution in [3.05, 3.63) is 38.3 Å². The highest BCUT2D eigenvalue weighted by atomic mass is 32.2. The van der Waals surface area contributed by atoms with Crippen molar-refractivity contribution in [2.24, 2.45) is 5.92 Å². The number of phenols is 1. The number of aromatic amines is 1. The van der Waals surface area contributed by atoms with Gasteiger partial charge in [-0.15, -0.1) is 0 Å². The molecule has 0 fully saturated rings. The molecule has 0 spiro atoms. The highest BCUT2D eigenvalue weighted by molar-refractivity contribution is 8.00. The summed E-state index contributed by atoms with van der Waals surface area (Å²) in [6.07, 6.45) is 0. The predicted octanol–water partition coefficient (Wildman–Crippen LogP) is 1.37. The van der Waals surface area contributed by atoms with Crippen LogP contribution in [0.5, 0.6) is 11.5 Å². The van der Waals surface area contributed by atoms with Crippen LogP contribution in [0, 0.1) is 5.92 Å². The van der Waals surface area contributed by atoms with Crippen molar-refractivity contribution in [2.75, 3.05) is 0 Å². The van der Waals surface area contributed by atoms with Gasteiger partial charge in [0.2, 0.25) is 0 Å². The van der Waals surface area contributed by atoms with Crippen LogP contribution in [0.2, 0.25) is 0 Å². The molecular formula is C14H9NO6S2. The minimum atomic E-state index is -1.15. The van der Waals surface area contributed by atoms with Gasteiger partial charge in [-0.25, -0.2) is 0 Å². The second-order valence-corrected chi connectivity index (χ2v) is 7.40. The first-order valence-electron chi connectivity index (χ1n) is 6.63. The summed E-state index contributed by atoms with van der Waals surface area (Å²) in [6.45, 7) is 0. The minimum absolute atomic E-state index is 0.0185. The molecule has 3 atom stereocenters. The number of nitrogens with one attached hydrogen (secondary N) is 1. The number of hydrogen-bond acceptors (Lipinski definition) is 7. The van der Waals surface area contributed by atoms with Crippen LogP contribution in [0.4, 0.5) is 0 Å². The number of carbonyl (C=O) groups excluding carboxylic acids is 1. The first kappa shape index (κ1) is 14.3. The molecule has 4 rings (SSSR count). The highest BCUT2D eigenvalue weighted by Gasteiger charge is 2.51. The lowest BCUT2D eigenvalue weighted by Crippen LogP contribution is -2.44. The number of hydrogen-bond donors (Lipinski definition) is 3. The summed E-state index contributed by atoms with van der Waals surface area (Å²) in [4.78, 5) is 38.6. The average Bonchev–Trinajstić information content (AvgIpc) is 2.86. The van der Waals surface area contributed by atoms with Crippen LogP contribution < -0.4 is 9.61 Å². The molecule has 0 bridgehead atoms. The lowest BCUT2D eigenvalue weighted by Gasteiger charge is -2.37. The summed E-state index contributed by atoms with van der Waals surface area (Å²) in [5.41, 5.74) is 0.512. The van der Waals surface area contributed by atoms with Crippen molar-refractivity contribution < 1.29 is 24.5 Å². The lowest BCUT2D eigenvalue weighted by atomic mass is 9.80. The number of aromatic hydroxyl groups is 1. The van der Waals surface area contributed by atoms with Gasteiger partial charge in [-0.1, -0.05) is 23.1 Å². The number of aromatic nitrogens is 1. The minimum Gasteiger partial charge on any atom is -0.508 e. The molecule has 7 nitrogen and oxygen atoms in total. The van der Waals surface area contributed by atoms with Gasteiger partial charge in [-0.05, 0) is 18.2 Å². The van der Waals surface area contributed by atoms with Gasteiger partial charge in [0.1, 0.15) is 16.7 Å². The predicted molar refractivity (Wildman–Crippen MR) is 81.3 cm³/mol. The van der Waals surface area contributed by atoms with E-state index in [0.717, 1.165) is 23.1 Å². The quantitative estimate of drug-likeness (QED) is 0.525. The van der Waals surface area contributed by atoms with E-state index in [1.54, 1.807) is 0 Å². The fourth-order valence-electron chi connectivity index (χ4n) is 3.00. The molecule has 0 aliphatic carbocycles. The van der Waals surface area contributed by atoms with E-state index in [1.165, 1.54) is 18.2 Å². The van der Waals surface area contributed by atoms with Crippen LogP contribution in [0.15, 0.2) is 28.0 Å². The van der Waals surface area contributed by atoms with Gasteiger partial charge in [-0.3, -0.25) is 14.4 Å². The number of thioether (sulfide) groups is 1. The fourth-order valence-corrected chi connectivity index (χ4v) is 5.40. The van der Waals surface area contributed by atoms with Crippen LogP contribution >= 0.6 is 23.1 Å². The van der Waals surface area contributed by atoms with E-state index in [1.807, 2.05) is 0 Å². The van der Waals surface area contributed by atoms with E-state index in [9.17, 15) is 24.6 Å². The van der Waals surface area contributed by atoms with Gasteiger partial charge in [0.05, 0.1) is 10.9 Å². The van der Waals surface area contributed by atoms with E-state index >= 15 is 0 Å². The summed E-state index contributed by atoms with van der Waals surface area (Å²) in [5.74, 6) is -3.11. The fraction of sp³-hybridized carbons (Fsp3) is 0.214. The molecular weight excluding hydrogens is 342 g/mol. The molecule has 1 aromatic heterocycles. The van der Waals surface area contributed by atoms with Crippen LogP contribution in [0.25, 0.3) is 0 Å². The molecule has 0 radical (unpaired) electrons.